The summed E-state index contributed by atoms with van der Waals surface area (Å²) in [5.41, 5.74) is 0.973. The fourth-order valence-corrected chi connectivity index (χ4v) is 3.34. The molecular weight excluding hydrogens is 253 g/mol. The van der Waals surface area contributed by atoms with Crippen LogP contribution in [0, 0.1) is 11.7 Å². The van der Waals surface area contributed by atoms with Crippen LogP contribution in [0.25, 0.3) is 0 Å². The highest BCUT2D eigenvalue weighted by atomic mass is 19.1. The van der Waals surface area contributed by atoms with Crippen LogP contribution in [-0.4, -0.2) is 13.7 Å². The van der Waals surface area contributed by atoms with E-state index < -0.39 is 0 Å². The van der Waals surface area contributed by atoms with Gasteiger partial charge in [-0.3, -0.25) is 0 Å². The van der Waals surface area contributed by atoms with E-state index in [0.717, 1.165) is 17.9 Å². The molecule has 0 spiro atoms. The predicted molar refractivity (Wildman–Crippen MR) is 80.6 cm³/mol. The van der Waals surface area contributed by atoms with Crippen LogP contribution in [0.5, 0.6) is 5.75 Å². The summed E-state index contributed by atoms with van der Waals surface area (Å²) in [6.45, 7) is 3.00. The van der Waals surface area contributed by atoms with E-state index in [1.807, 2.05) is 0 Å². The van der Waals surface area contributed by atoms with Gasteiger partial charge >= 0.3 is 0 Å². The fourth-order valence-electron chi connectivity index (χ4n) is 3.34. The molecule has 0 amide bonds. The lowest BCUT2D eigenvalue weighted by Gasteiger charge is -2.28. The summed E-state index contributed by atoms with van der Waals surface area (Å²) in [5.74, 6) is 1.19. The van der Waals surface area contributed by atoms with Crippen LogP contribution in [0.4, 0.5) is 4.39 Å². The average molecular weight is 279 g/mol. The minimum absolute atomic E-state index is 0.183. The summed E-state index contributed by atoms with van der Waals surface area (Å²) in [5, 5.41) is 3.55. The lowest BCUT2D eigenvalue weighted by Crippen LogP contribution is -2.28. The Morgan fingerprint density at radius 3 is 2.55 bits per heavy atom. The summed E-state index contributed by atoms with van der Waals surface area (Å²) in [7, 11) is 1.66. The molecule has 0 aromatic heterocycles. The van der Waals surface area contributed by atoms with Crippen LogP contribution in [0.3, 0.4) is 0 Å². The van der Waals surface area contributed by atoms with Crippen molar-refractivity contribution in [1.29, 1.82) is 0 Å². The minimum atomic E-state index is -0.183. The number of nitrogens with one attached hydrogen (secondary N) is 1. The number of benzene rings is 1. The number of methoxy groups -OCH3 is 1. The molecule has 2 nitrogen and oxygen atoms in total. The summed E-state index contributed by atoms with van der Waals surface area (Å²) < 4.78 is 19.1. The third-order valence-electron chi connectivity index (χ3n) is 4.32. The van der Waals surface area contributed by atoms with Crippen LogP contribution in [0.15, 0.2) is 18.2 Å². The summed E-state index contributed by atoms with van der Waals surface area (Å²) >= 11 is 0. The number of rotatable bonds is 5. The molecule has 0 radical (unpaired) electrons. The van der Waals surface area contributed by atoms with Gasteiger partial charge in [0.05, 0.1) is 7.11 Å². The Labute approximate surface area is 121 Å². The molecule has 0 aliphatic heterocycles. The second-order valence-corrected chi connectivity index (χ2v) is 5.67. The first kappa shape index (κ1) is 15.3. The number of hydrogen-bond acceptors (Lipinski definition) is 2. The van der Waals surface area contributed by atoms with Crippen molar-refractivity contribution in [2.75, 3.05) is 13.7 Å². The maximum absolute atomic E-state index is 13.6. The minimum Gasteiger partial charge on any atom is -0.496 e. The van der Waals surface area contributed by atoms with E-state index >= 15 is 0 Å². The Hall–Kier alpha value is -1.09. The molecular formula is C17H26FNO. The molecule has 0 bridgehead atoms. The third-order valence-corrected chi connectivity index (χ3v) is 4.32. The van der Waals surface area contributed by atoms with Crippen LogP contribution in [-0.2, 0) is 0 Å². The van der Waals surface area contributed by atoms with E-state index in [2.05, 4.69) is 12.2 Å². The molecule has 112 valence electrons. The predicted octanol–water partition coefficient (Wildman–Crippen LogP) is 4.46. The molecule has 1 saturated carbocycles. The van der Waals surface area contributed by atoms with Crippen molar-refractivity contribution in [3.8, 4) is 5.75 Å². The molecule has 1 fully saturated rings. The van der Waals surface area contributed by atoms with E-state index in [9.17, 15) is 4.39 Å². The number of halogens is 1. The zero-order valence-corrected chi connectivity index (χ0v) is 12.6. The number of ether oxygens (including phenoxy) is 1. The second kappa shape index (κ2) is 7.63. The monoisotopic (exact) mass is 279 g/mol. The first-order valence-corrected chi connectivity index (χ1v) is 7.83. The quantitative estimate of drug-likeness (QED) is 0.804. The van der Waals surface area contributed by atoms with Crippen molar-refractivity contribution in [1.82, 2.24) is 5.32 Å². The van der Waals surface area contributed by atoms with Crippen LogP contribution < -0.4 is 10.1 Å². The van der Waals surface area contributed by atoms with Gasteiger partial charge in [0.25, 0.3) is 0 Å². The number of hydrogen-bond donors (Lipinski definition) is 1. The Bertz CT molecular complexity index is 413. The van der Waals surface area contributed by atoms with Gasteiger partial charge in [-0.05, 0) is 43.5 Å². The molecule has 1 N–H and O–H groups in total. The van der Waals surface area contributed by atoms with Crippen molar-refractivity contribution < 1.29 is 9.13 Å². The second-order valence-electron chi connectivity index (χ2n) is 5.67. The van der Waals surface area contributed by atoms with E-state index in [1.54, 1.807) is 19.2 Å². The molecule has 0 heterocycles. The smallest absolute Gasteiger partial charge is 0.123 e. The molecule has 1 aliphatic rings. The molecule has 0 saturated heterocycles. The standard InChI is InChI=1S/C17H26FNO/c1-3-19-17(13-8-6-4-5-7-9-13)15-12-14(18)10-11-16(15)20-2/h10-13,17,19H,3-9H2,1-2H3. The van der Waals surface area contributed by atoms with Gasteiger partial charge in [0.1, 0.15) is 11.6 Å². The first-order chi connectivity index (χ1) is 9.76. The van der Waals surface area contributed by atoms with Gasteiger partial charge in [-0.15, -0.1) is 0 Å². The fraction of sp³-hybridized carbons (Fsp3) is 0.647. The van der Waals surface area contributed by atoms with Gasteiger partial charge < -0.3 is 10.1 Å². The maximum Gasteiger partial charge on any atom is 0.123 e. The molecule has 2 rings (SSSR count). The van der Waals surface area contributed by atoms with Crippen molar-refractivity contribution in [2.24, 2.45) is 5.92 Å². The van der Waals surface area contributed by atoms with Crippen LogP contribution >= 0.6 is 0 Å². The molecule has 3 heteroatoms. The SMILES string of the molecule is CCNC(c1cc(F)ccc1OC)C1CCCCCC1. The Kier molecular flexibility index (Phi) is 5.84. The summed E-state index contributed by atoms with van der Waals surface area (Å²) in [4.78, 5) is 0. The van der Waals surface area contributed by atoms with Crippen molar-refractivity contribution in [2.45, 2.75) is 51.5 Å². The molecule has 1 aromatic rings. The highest BCUT2D eigenvalue weighted by Crippen LogP contribution is 2.37. The molecule has 1 unspecified atom stereocenters. The summed E-state index contributed by atoms with van der Waals surface area (Å²) in [6.07, 6.45) is 7.66. The normalized spacial score (nSPS) is 18.6. The van der Waals surface area contributed by atoms with Crippen molar-refractivity contribution in [3.05, 3.63) is 29.6 Å². The lowest BCUT2D eigenvalue weighted by atomic mass is 9.86. The van der Waals surface area contributed by atoms with Gasteiger partial charge in [0.2, 0.25) is 0 Å². The van der Waals surface area contributed by atoms with E-state index in [0.29, 0.717) is 5.92 Å². The highest BCUT2D eigenvalue weighted by Gasteiger charge is 2.26. The van der Waals surface area contributed by atoms with E-state index in [1.165, 1.54) is 44.6 Å². The van der Waals surface area contributed by atoms with Crippen LogP contribution in [0.2, 0.25) is 0 Å². The van der Waals surface area contributed by atoms with E-state index in [-0.39, 0.29) is 11.9 Å². The first-order valence-electron chi connectivity index (χ1n) is 7.83. The maximum atomic E-state index is 13.6. The van der Waals surface area contributed by atoms with E-state index in [4.69, 9.17) is 4.74 Å². The molecule has 1 aromatic carbocycles. The zero-order valence-electron chi connectivity index (χ0n) is 12.6. The Balaban J connectivity index is 2.28. The average Bonchev–Trinajstić information content (AvgIpc) is 2.73. The highest BCUT2D eigenvalue weighted by molar-refractivity contribution is 5.37. The van der Waals surface area contributed by atoms with Gasteiger partial charge in [0, 0.05) is 11.6 Å². The van der Waals surface area contributed by atoms with Crippen LogP contribution in [0.1, 0.15) is 57.1 Å². The zero-order chi connectivity index (χ0) is 14.4. The van der Waals surface area contributed by atoms with Gasteiger partial charge in [-0.2, -0.15) is 0 Å². The third kappa shape index (κ3) is 3.72. The topological polar surface area (TPSA) is 21.3 Å². The van der Waals surface area contributed by atoms with Crippen molar-refractivity contribution in [3.63, 3.8) is 0 Å². The lowest BCUT2D eigenvalue weighted by molar-refractivity contribution is 0.315. The molecule has 1 aliphatic carbocycles. The van der Waals surface area contributed by atoms with Gasteiger partial charge in [-0.1, -0.05) is 32.6 Å². The van der Waals surface area contributed by atoms with Gasteiger partial charge in [-0.25, -0.2) is 4.39 Å². The van der Waals surface area contributed by atoms with Gasteiger partial charge in [0.15, 0.2) is 0 Å². The summed E-state index contributed by atoms with van der Waals surface area (Å²) in [6, 6.07) is 5.05. The van der Waals surface area contributed by atoms with Crippen molar-refractivity contribution >= 4 is 0 Å². The molecule has 20 heavy (non-hydrogen) atoms. The largest absolute Gasteiger partial charge is 0.496 e. The molecule has 1 atom stereocenters. The Morgan fingerprint density at radius 2 is 1.95 bits per heavy atom. The Morgan fingerprint density at radius 1 is 1.25 bits per heavy atom.